The SMILES string of the molecule is Cc1ccc(S(=O)(=O)N2CCC[C@@H]2CNC(=O)C(=O)Nc2cc(C)cc(C)c2)cc1. The van der Waals surface area contributed by atoms with E-state index in [4.69, 9.17) is 0 Å². The molecular formula is C22H27N3O4S. The molecule has 1 saturated heterocycles. The first-order valence-electron chi connectivity index (χ1n) is 9.93. The van der Waals surface area contributed by atoms with Crippen LogP contribution in [0.2, 0.25) is 0 Å². The largest absolute Gasteiger partial charge is 0.346 e. The van der Waals surface area contributed by atoms with E-state index in [0.29, 0.717) is 25.1 Å². The number of nitrogens with zero attached hydrogens (tertiary/aromatic N) is 1. The molecule has 160 valence electrons. The van der Waals surface area contributed by atoms with Crippen molar-refractivity contribution in [3.63, 3.8) is 0 Å². The lowest BCUT2D eigenvalue weighted by molar-refractivity contribution is -0.136. The van der Waals surface area contributed by atoms with Crippen molar-refractivity contribution in [1.29, 1.82) is 0 Å². The maximum absolute atomic E-state index is 13.0. The number of anilines is 1. The lowest BCUT2D eigenvalue weighted by Crippen LogP contribution is -2.45. The average molecular weight is 430 g/mol. The number of carbonyl (C=O) groups is 2. The summed E-state index contributed by atoms with van der Waals surface area (Å²) >= 11 is 0. The summed E-state index contributed by atoms with van der Waals surface area (Å²) in [7, 11) is -3.65. The molecule has 2 aromatic rings. The molecular weight excluding hydrogens is 402 g/mol. The van der Waals surface area contributed by atoms with Crippen LogP contribution in [0.4, 0.5) is 5.69 Å². The lowest BCUT2D eigenvalue weighted by Gasteiger charge is -2.24. The monoisotopic (exact) mass is 429 g/mol. The topological polar surface area (TPSA) is 95.6 Å². The standard InChI is InChI=1S/C22H27N3O4S/c1-15-6-8-20(9-7-15)30(28,29)25-10-4-5-19(25)14-23-21(26)22(27)24-18-12-16(2)11-17(3)13-18/h6-9,11-13,19H,4-5,10,14H2,1-3H3,(H,23,26)(H,24,27)/t19-/m1/s1. The van der Waals surface area contributed by atoms with Crippen molar-refractivity contribution in [1.82, 2.24) is 9.62 Å². The van der Waals surface area contributed by atoms with Crippen molar-refractivity contribution < 1.29 is 18.0 Å². The molecule has 0 bridgehead atoms. The van der Waals surface area contributed by atoms with Gasteiger partial charge in [0.2, 0.25) is 10.0 Å². The molecule has 1 atom stereocenters. The summed E-state index contributed by atoms with van der Waals surface area (Å²) in [5.41, 5.74) is 3.49. The molecule has 0 unspecified atom stereocenters. The van der Waals surface area contributed by atoms with Gasteiger partial charge in [0.1, 0.15) is 0 Å². The molecule has 1 fully saturated rings. The van der Waals surface area contributed by atoms with Gasteiger partial charge in [-0.1, -0.05) is 23.8 Å². The highest BCUT2D eigenvalue weighted by Gasteiger charge is 2.35. The zero-order valence-electron chi connectivity index (χ0n) is 17.4. The van der Waals surface area contributed by atoms with E-state index in [-0.39, 0.29) is 17.5 Å². The highest BCUT2D eigenvalue weighted by atomic mass is 32.2. The zero-order valence-corrected chi connectivity index (χ0v) is 18.3. The van der Waals surface area contributed by atoms with Crippen LogP contribution in [-0.2, 0) is 19.6 Å². The van der Waals surface area contributed by atoms with E-state index < -0.39 is 21.8 Å². The number of benzene rings is 2. The van der Waals surface area contributed by atoms with Gasteiger partial charge in [-0.25, -0.2) is 8.42 Å². The zero-order chi connectivity index (χ0) is 21.9. The quantitative estimate of drug-likeness (QED) is 0.714. The number of carbonyl (C=O) groups excluding carboxylic acids is 2. The average Bonchev–Trinajstić information content (AvgIpc) is 3.15. The van der Waals surface area contributed by atoms with Gasteiger partial charge >= 0.3 is 11.8 Å². The number of nitrogens with one attached hydrogen (secondary N) is 2. The molecule has 8 heteroatoms. The molecule has 1 aliphatic rings. The molecule has 0 spiro atoms. The third-order valence-electron chi connectivity index (χ3n) is 5.13. The normalized spacial score (nSPS) is 17.0. The number of amides is 2. The van der Waals surface area contributed by atoms with E-state index in [1.807, 2.05) is 26.8 Å². The van der Waals surface area contributed by atoms with Gasteiger partial charge in [0, 0.05) is 24.8 Å². The van der Waals surface area contributed by atoms with Crippen molar-refractivity contribution >= 4 is 27.5 Å². The molecule has 30 heavy (non-hydrogen) atoms. The van der Waals surface area contributed by atoms with Gasteiger partial charge in [0.15, 0.2) is 0 Å². The first-order chi connectivity index (χ1) is 14.2. The second-order valence-electron chi connectivity index (χ2n) is 7.77. The van der Waals surface area contributed by atoms with Crippen LogP contribution in [0.15, 0.2) is 47.4 Å². The molecule has 2 N–H and O–H groups in total. The summed E-state index contributed by atoms with van der Waals surface area (Å²) in [5, 5.41) is 5.17. The minimum atomic E-state index is -3.65. The second-order valence-corrected chi connectivity index (χ2v) is 9.66. The number of sulfonamides is 1. The fourth-order valence-corrected chi connectivity index (χ4v) is 5.39. The first kappa shape index (κ1) is 22.0. The minimum absolute atomic E-state index is 0.0875. The molecule has 1 heterocycles. The summed E-state index contributed by atoms with van der Waals surface area (Å²) < 4.78 is 27.4. The third kappa shape index (κ3) is 5.06. The van der Waals surface area contributed by atoms with Gasteiger partial charge in [0.25, 0.3) is 0 Å². The Morgan fingerprint density at radius 2 is 1.60 bits per heavy atom. The molecule has 0 radical (unpaired) electrons. The minimum Gasteiger partial charge on any atom is -0.346 e. The van der Waals surface area contributed by atoms with Crippen LogP contribution in [0.5, 0.6) is 0 Å². The Morgan fingerprint density at radius 1 is 0.967 bits per heavy atom. The van der Waals surface area contributed by atoms with Gasteiger partial charge < -0.3 is 10.6 Å². The van der Waals surface area contributed by atoms with E-state index in [1.165, 1.54) is 4.31 Å². The lowest BCUT2D eigenvalue weighted by atomic mass is 10.1. The molecule has 0 saturated carbocycles. The predicted octanol–water partition coefficient (Wildman–Crippen LogP) is 2.52. The van der Waals surface area contributed by atoms with Gasteiger partial charge in [-0.2, -0.15) is 4.31 Å². The Bertz CT molecular complexity index is 1030. The van der Waals surface area contributed by atoms with Crippen LogP contribution in [0.25, 0.3) is 0 Å². The second kappa shape index (κ2) is 8.97. The molecule has 2 amide bonds. The summed E-state index contributed by atoms with van der Waals surface area (Å²) in [6.45, 7) is 6.20. The Kier molecular flexibility index (Phi) is 6.58. The van der Waals surface area contributed by atoms with Gasteiger partial charge in [-0.05, 0) is 69.0 Å². The molecule has 0 aliphatic carbocycles. The fourth-order valence-electron chi connectivity index (χ4n) is 3.70. The van der Waals surface area contributed by atoms with Gasteiger partial charge in [-0.15, -0.1) is 0 Å². The van der Waals surface area contributed by atoms with Crippen LogP contribution in [0.1, 0.15) is 29.5 Å². The van der Waals surface area contributed by atoms with E-state index >= 15 is 0 Å². The highest BCUT2D eigenvalue weighted by Crippen LogP contribution is 2.26. The van der Waals surface area contributed by atoms with Gasteiger partial charge in [-0.3, -0.25) is 9.59 Å². The van der Waals surface area contributed by atoms with Crippen molar-refractivity contribution in [2.24, 2.45) is 0 Å². The van der Waals surface area contributed by atoms with Crippen LogP contribution >= 0.6 is 0 Å². The maximum atomic E-state index is 13.0. The smallest absolute Gasteiger partial charge is 0.313 e. The fraction of sp³-hybridized carbons (Fsp3) is 0.364. The van der Waals surface area contributed by atoms with Crippen molar-refractivity contribution in [2.75, 3.05) is 18.4 Å². The predicted molar refractivity (Wildman–Crippen MR) is 116 cm³/mol. The number of hydrogen-bond donors (Lipinski definition) is 2. The Labute approximate surface area is 177 Å². The number of aryl methyl sites for hydroxylation is 3. The van der Waals surface area contributed by atoms with Crippen LogP contribution in [0, 0.1) is 20.8 Å². The first-order valence-corrected chi connectivity index (χ1v) is 11.4. The van der Waals surface area contributed by atoms with Crippen molar-refractivity contribution in [2.45, 2.75) is 44.6 Å². The van der Waals surface area contributed by atoms with Crippen LogP contribution < -0.4 is 10.6 Å². The summed E-state index contributed by atoms with van der Waals surface area (Å²) in [6, 6.07) is 11.9. The molecule has 3 rings (SSSR count). The van der Waals surface area contributed by atoms with E-state index in [2.05, 4.69) is 10.6 Å². The summed E-state index contributed by atoms with van der Waals surface area (Å²) in [5.74, 6) is -1.56. The van der Waals surface area contributed by atoms with E-state index in [9.17, 15) is 18.0 Å². The Hall–Kier alpha value is -2.71. The molecule has 2 aromatic carbocycles. The van der Waals surface area contributed by atoms with Crippen molar-refractivity contribution in [3.05, 3.63) is 59.2 Å². The molecule has 7 nitrogen and oxygen atoms in total. The summed E-state index contributed by atoms with van der Waals surface area (Å²) in [4.78, 5) is 24.7. The van der Waals surface area contributed by atoms with Gasteiger partial charge in [0.05, 0.1) is 4.90 Å². The Balaban J connectivity index is 1.62. The maximum Gasteiger partial charge on any atom is 0.313 e. The molecule has 1 aliphatic heterocycles. The molecule has 0 aromatic heterocycles. The van der Waals surface area contributed by atoms with E-state index in [1.54, 1.807) is 36.4 Å². The summed E-state index contributed by atoms with van der Waals surface area (Å²) in [6.07, 6.45) is 1.34. The third-order valence-corrected chi connectivity index (χ3v) is 7.10. The van der Waals surface area contributed by atoms with E-state index in [0.717, 1.165) is 16.7 Å². The Morgan fingerprint density at radius 3 is 2.23 bits per heavy atom. The van der Waals surface area contributed by atoms with Crippen LogP contribution in [0.3, 0.4) is 0 Å². The number of rotatable bonds is 5. The highest BCUT2D eigenvalue weighted by molar-refractivity contribution is 7.89. The number of hydrogen-bond acceptors (Lipinski definition) is 4. The van der Waals surface area contributed by atoms with Crippen LogP contribution in [-0.4, -0.2) is 43.7 Å². The van der Waals surface area contributed by atoms with Crippen molar-refractivity contribution in [3.8, 4) is 0 Å².